The third-order valence-corrected chi connectivity index (χ3v) is 4.52. The molecule has 1 aliphatic carbocycles. The molecule has 3 nitrogen and oxygen atoms in total. The molecule has 1 aliphatic rings. The van der Waals surface area contributed by atoms with Gasteiger partial charge >= 0.3 is 5.97 Å². The van der Waals surface area contributed by atoms with E-state index in [9.17, 15) is 9.59 Å². The van der Waals surface area contributed by atoms with Crippen molar-refractivity contribution in [2.24, 2.45) is 5.92 Å². The maximum atomic E-state index is 11.0. The van der Waals surface area contributed by atoms with E-state index in [-0.39, 0.29) is 12.1 Å². The van der Waals surface area contributed by atoms with Crippen molar-refractivity contribution in [2.75, 3.05) is 0 Å². The number of Topliss-reactive ketones (excluding diaryl/α,β-unsaturated/α-hetero) is 1. The molecule has 0 heterocycles. The first-order chi connectivity index (χ1) is 12.5. The lowest BCUT2D eigenvalue weighted by Crippen LogP contribution is -2.10. The van der Waals surface area contributed by atoms with Crippen LogP contribution in [0.1, 0.15) is 111 Å². The number of allylic oxidation sites excluding steroid dienone is 2. The minimum Gasteiger partial charge on any atom is -0.463 e. The standard InChI is InChI=1S/C13H22O.C10H20O2/c1-2-3-4-5-6-7-8-12-9-10-13(14)11-12;1-4-5-6-7-8-10(11)12-9(2)3/h7-8,12H,2-6,9-11H2,1H3;9H,4-8H2,1-3H3/b8-7+;. The molecule has 3 heteroatoms. The maximum absolute atomic E-state index is 11.0. The predicted molar refractivity (Wildman–Crippen MR) is 110 cm³/mol. The number of hydrogen-bond donors (Lipinski definition) is 0. The van der Waals surface area contributed by atoms with Crippen LogP contribution in [0.4, 0.5) is 0 Å². The van der Waals surface area contributed by atoms with Crippen LogP contribution >= 0.6 is 0 Å². The molecule has 1 unspecified atom stereocenters. The van der Waals surface area contributed by atoms with E-state index in [0.717, 1.165) is 32.1 Å². The lowest BCUT2D eigenvalue weighted by atomic mass is 10.1. The van der Waals surface area contributed by atoms with Crippen molar-refractivity contribution in [1.82, 2.24) is 0 Å². The molecule has 1 fully saturated rings. The summed E-state index contributed by atoms with van der Waals surface area (Å²) in [5, 5.41) is 0. The summed E-state index contributed by atoms with van der Waals surface area (Å²) in [6.07, 6.45) is 18.9. The molecule has 152 valence electrons. The Morgan fingerprint density at radius 3 is 2.27 bits per heavy atom. The van der Waals surface area contributed by atoms with Crippen LogP contribution in [-0.2, 0) is 14.3 Å². The van der Waals surface area contributed by atoms with Gasteiger partial charge < -0.3 is 4.74 Å². The second kappa shape index (κ2) is 17.3. The van der Waals surface area contributed by atoms with Gasteiger partial charge in [0.1, 0.15) is 5.78 Å². The Morgan fingerprint density at radius 2 is 1.73 bits per heavy atom. The van der Waals surface area contributed by atoms with Crippen molar-refractivity contribution in [1.29, 1.82) is 0 Å². The van der Waals surface area contributed by atoms with Crippen LogP contribution in [0.2, 0.25) is 0 Å². The minimum atomic E-state index is -0.0545. The van der Waals surface area contributed by atoms with Crippen LogP contribution in [0.15, 0.2) is 12.2 Å². The molecule has 0 aromatic heterocycles. The lowest BCUT2D eigenvalue weighted by molar-refractivity contribution is -0.147. The molecule has 0 N–H and O–H groups in total. The van der Waals surface area contributed by atoms with Gasteiger partial charge in [-0.2, -0.15) is 0 Å². The van der Waals surface area contributed by atoms with Gasteiger partial charge in [0, 0.05) is 19.3 Å². The average Bonchev–Trinajstić information content (AvgIpc) is 3.00. The monoisotopic (exact) mass is 366 g/mol. The number of hydrogen-bond acceptors (Lipinski definition) is 3. The topological polar surface area (TPSA) is 43.4 Å². The van der Waals surface area contributed by atoms with Crippen molar-refractivity contribution < 1.29 is 14.3 Å². The van der Waals surface area contributed by atoms with Crippen molar-refractivity contribution in [3.05, 3.63) is 12.2 Å². The molecule has 0 saturated heterocycles. The van der Waals surface area contributed by atoms with Gasteiger partial charge in [-0.3, -0.25) is 9.59 Å². The number of ether oxygens (including phenoxy) is 1. The summed E-state index contributed by atoms with van der Waals surface area (Å²) in [5.41, 5.74) is 0. The Balaban J connectivity index is 0.000000488. The molecule has 1 saturated carbocycles. The normalized spacial score (nSPS) is 16.8. The number of rotatable bonds is 12. The zero-order valence-corrected chi connectivity index (χ0v) is 17.7. The molecule has 0 radical (unpaired) electrons. The van der Waals surface area contributed by atoms with E-state index in [1.54, 1.807) is 0 Å². The summed E-state index contributed by atoms with van der Waals surface area (Å²) >= 11 is 0. The van der Waals surface area contributed by atoms with Gasteiger partial charge in [0.25, 0.3) is 0 Å². The minimum absolute atomic E-state index is 0.0312. The quantitative estimate of drug-likeness (QED) is 0.217. The van der Waals surface area contributed by atoms with Crippen LogP contribution < -0.4 is 0 Å². The predicted octanol–water partition coefficient (Wildman–Crippen LogP) is 6.79. The number of ketones is 1. The molecule has 0 aliphatic heterocycles. The summed E-state index contributed by atoms with van der Waals surface area (Å²) in [4.78, 5) is 22.0. The number of carbonyl (C=O) groups excluding carboxylic acids is 2. The lowest BCUT2D eigenvalue weighted by Gasteiger charge is -2.06. The van der Waals surface area contributed by atoms with Crippen LogP contribution in [0, 0.1) is 5.92 Å². The second-order valence-electron chi connectivity index (χ2n) is 7.67. The fourth-order valence-electron chi connectivity index (χ4n) is 3.00. The first-order valence-electron chi connectivity index (χ1n) is 10.9. The van der Waals surface area contributed by atoms with Crippen LogP contribution in [0.25, 0.3) is 0 Å². The number of carbonyl (C=O) groups is 2. The Labute approximate surface area is 162 Å². The van der Waals surface area contributed by atoms with Crippen LogP contribution in [0.3, 0.4) is 0 Å². The molecule has 1 rings (SSSR count). The SMILES string of the molecule is CCCCCC/C=C/C1CCC(=O)C1.CCCCCCC(=O)OC(C)C. The Bertz CT molecular complexity index is 385. The van der Waals surface area contributed by atoms with Gasteiger partial charge in [-0.1, -0.05) is 64.5 Å². The Hall–Kier alpha value is -1.12. The van der Waals surface area contributed by atoms with Crippen molar-refractivity contribution in [2.45, 2.75) is 117 Å². The highest BCUT2D eigenvalue weighted by Gasteiger charge is 2.18. The first kappa shape index (κ1) is 24.9. The maximum Gasteiger partial charge on any atom is 0.306 e. The first-order valence-corrected chi connectivity index (χ1v) is 10.9. The molecular weight excluding hydrogens is 324 g/mol. The molecule has 0 spiro atoms. The third kappa shape index (κ3) is 16.4. The third-order valence-electron chi connectivity index (χ3n) is 4.52. The Morgan fingerprint density at radius 1 is 1.08 bits per heavy atom. The Kier molecular flexibility index (Phi) is 16.6. The molecule has 26 heavy (non-hydrogen) atoms. The molecule has 0 aromatic carbocycles. The number of esters is 1. The van der Waals surface area contributed by atoms with Gasteiger partial charge in [0.05, 0.1) is 6.10 Å². The fourth-order valence-corrected chi connectivity index (χ4v) is 3.00. The van der Waals surface area contributed by atoms with Gasteiger partial charge in [-0.15, -0.1) is 0 Å². The van der Waals surface area contributed by atoms with Crippen molar-refractivity contribution >= 4 is 11.8 Å². The summed E-state index contributed by atoms with van der Waals surface area (Å²) in [5.74, 6) is 0.959. The molecular formula is C23H42O3. The summed E-state index contributed by atoms with van der Waals surface area (Å²) < 4.78 is 4.99. The smallest absolute Gasteiger partial charge is 0.306 e. The van der Waals surface area contributed by atoms with E-state index in [2.05, 4.69) is 26.0 Å². The van der Waals surface area contributed by atoms with Gasteiger partial charge in [-0.25, -0.2) is 0 Å². The van der Waals surface area contributed by atoms with Crippen LogP contribution in [0.5, 0.6) is 0 Å². The highest BCUT2D eigenvalue weighted by atomic mass is 16.5. The summed E-state index contributed by atoms with van der Waals surface area (Å²) in [7, 11) is 0. The molecule has 0 amide bonds. The van der Waals surface area contributed by atoms with E-state index in [1.807, 2.05) is 13.8 Å². The zero-order valence-electron chi connectivity index (χ0n) is 17.7. The van der Waals surface area contributed by atoms with Crippen molar-refractivity contribution in [3.8, 4) is 0 Å². The van der Waals surface area contributed by atoms with E-state index in [0.29, 0.717) is 18.1 Å². The second-order valence-corrected chi connectivity index (χ2v) is 7.67. The van der Waals surface area contributed by atoms with Gasteiger partial charge in [0.15, 0.2) is 0 Å². The van der Waals surface area contributed by atoms with Crippen LogP contribution in [-0.4, -0.2) is 17.9 Å². The van der Waals surface area contributed by atoms with E-state index < -0.39 is 0 Å². The molecule has 0 aromatic rings. The highest BCUT2D eigenvalue weighted by molar-refractivity contribution is 5.80. The van der Waals surface area contributed by atoms with Crippen molar-refractivity contribution in [3.63, 3.8) is 0 Å². The highest BCUT2D eigenvalue weighted by Crippen LogP contribution is 2.23. The average molecular weight is 367 g/mol. The van der Waals surface area contributed by atoms with Gasteiger partial charge in [0.2, 0.25) is 0 Å². The largest absolute Gasteiger partial charge is 0.463 e. The fraction of sp³-hybridized carbons (Fsp3) is 0.826. The van der Waals surface area contributed by atoms with E-state index >= 15 is 0 Å². The summed E-state index contributed by atoms with van der Waals surface area (Å²) in [6, 6.07) is 0. The number of unbranched alkanes of at least 4 members (excludes halogenated alkanes) is 7. The molecule has 0 bridgehead atoms. The van der Waals surface area contributed by atoms with E-state index in [4.69, 9.17) is 4.74 Å². The van der Waals surface area contributed by atoms with Gasteiger partial charge in [-0.05, 0) is 45.4 Å². The molecule has 1 atom stereocenters. The van der Waals surface area contributed by atoms with E-state index in [1.165, 1.54) is 44.9 Å². The zero-order chi connectivity index (χ0) is 19.6. The summed E-state index contributed by atoms with van der Waals surface area (Å²) in [6.45, 7) is 8.15.